The first-order valence-electron chi connectivity index (χ1n) is 23.9. The summed E-state index contributed by atoms with van der Waals surface area (Å²) in [6.07, 6.45) is 31.8. The summed E-state index contributed by atoms with van der Waals surface area (Å²) in [4.78, 5) is 12.9. The van der Waals surface area contributed by atoms with E-state index in [1.165, 1.54) is 86.0 Å². The van der Waals surface area contributed by atoms with Crippen molar-refractivity contribution in [1.82, 2.24) is 4.48 Å². The van der Waals surface area contributed by atoms with E-state index >= 15 is 8.63 Å². The van der Waals surface area contributed by atoms with Gasteiger partial charge in [0.1, 0.15) is 11.8 Å². The normalized spacial score (nSPS) is 31.8. The van der Waals surface area contributed by atoms with Crippen LogP contribution < -0.4 is 0 Å². The Balaban J connectivity index is 0.760. The quantitative estimate of drug-likeness (QED) is 0.0643. The van der Waals surface area contributed by atoms with E-state index in [4.69, 9.17) is 4.74 Å². The van der Waals surface area contributed by atoms with Crippen molar-refractivity contribution in [3.05, 3.63) is 52.5 Å². The SMILES string of the molecule is CC1=CC(C)=[N+]2C1=Cc1ccc(CCCCCCCCCCCC(=O)OC3CC[C@@]4(C)C(=CC[C@@H]5[C@@H]4CC[C@]4(C)C(C(C)CCCC(C)C)CC[C@@H]54)C3)n1[B-]2(F)F. The largest absolute Gasteiger partial charge is 0.737 e. The second-order valence-corrected chi connectivity index (χ2v) is 20.9. The van der Waals surface area contributed by atoms with Gasteiger partial charge in [0.15, 0.2) is 5.70 Å². The fourth-order valence-corrected chi connectivity index (χ4v) is 13.7. The van der Waals surface area contributed by atoms with Crippen molar-refractivity contribution in [2.75, 3.05) is 0 Å². The maximum atomic E-state index is 15.7. The van der Waals surface area contributed by atoms with Gasteiger partial charge in [0.25, 0.3) is 0 Å². The summed E-state index contributed by atoms with van der Waals surface area (Å²) in [7, 11) is 0. The monoisotopic (exact) mass is 787 g/mol. The second kappa shape index (κ2) is 17.7. The lowest BCUT2D eigenvalue weighted by molar-refractivity contribution is -0.362. The molecule has 7 rings (SSSR count). The summed E-state index contributed by atoms with van der Waals surface area (Å²) in [6.45, 7) is 12.4. The highest BCUT2D eigenvalue weighted by Crippen LogP contribution is 2.67. The molecule has 3 heterocycles. The second-order valence-electron chi connectivity index (χ2n) is 20.9. The number of aryl methyl sites for hydroxylation is 1. The van der Waals surface area contributed by atoms with Gasteiger partial charge in [-0.05, 0) is 135 Å². The maximum absolute atomic E-state index is 15.7. The predicted molar refractivity (Wildman–Crippen MR) is 233 cm³/mol. The lowest BCUT2D eigenvalue weighted by Gasteiger charge is -2.58. The van der Waals surface area contributed by atoms with Gasteiger partial charge in [-0.15, -0.1) is 0 Å². The van der Waals surface area contributed by atoms with Crippen LogP contribution in [-0.2, 0) is 16.0 Å². The molecule has 1 aromatic rings. The molecule has 0 saturated heterocycles. The van der Waals surface area contributed by atoms with Gasteiger partial charge < -0.3 is 22.3 Å². The molecule has 0 radical (unpaired) electrons. The predicted octanol–water partition coefficient (Wildman–Crippen LogP) is 13.9. The molecule has 2 aliphatic heterocycles. The minimum absolute atomic E-state index is 0.00554. The Bertz CT molecular complexity index is 1740. The van der Waals surface area contributed by atoms with Gasteiger partial charge in [0.2, 0.25) is 0 Å². The number of nitrogens with zero attached hydrogens (tertiary/aromatic N) is 2. The number of carbonyl (C=O) groups is 1. The summed E-state index contributed by atoms with van der Waals surface area (Å²) < 4.78 is 40.0. The lowest BCUT2D eigenvalue weighted by Crippen LogP contribution is -2.51. The van der Waals surface area contributed by atoms with Crippen molar-refractivity contribution in [2.45, 2.75) is 196 Å². The Morgan fingerprint density at radius 3 is 2.33 bits per heavy atom. The Labute approximate surface area is 345 Å². The number of aromatic nitrogens is 1. The number of esters is 1. The van der Waals surface area contributed by atoms with E-state index in [-0.39, 0.29) is 12.1 Å². The minimum atomic E-state index is -3.86. The standard InChI is InChI=1S/C50H77BF2N2O2/c1-35(2)18-17-19-36(3)44-26-27-45-43-25-22-39-33-42(28-30-49(39,6)46(43)29-31-50(44,45)7)57-48(56)21-16-14-12-10-8-9-11-13-15-20-40-23-24-41-34-47-37(4)32-38(5)54(47)51(52,53)55(40)41/h22-24,32,34-36,42-46H,8-21,25-31,33H2,1-7H3/t36?,42?,43-,44?,45-,46-,49-,50+/m0/s1. The molecule has 0 spiro atoms. The highest BCUT2D eigenvalue weighted by Gasteiger charge is 2.59. The van der Waals surface area contributed by atoms with E-state index in [0.717, 1.165) is 98.1 Å². The van der Waals surface area contributed by atoms with Crippen LogP contribution in [-0.4, -0.2) is 33.7 Å². The van der Waals surface area contributed by atoms with E-state index in [1.54, 1.807) is 12.5 Å². The van der Waals surface area contributed by atoms with E-state index < -0.39 is 6.97 Å². The minimum Gasteiger partial charge on any atom is -0.462 e. The number of carbonyl (C=O) groups excluding carboxylic acids is 1. The Morgan fingerprint density at radius 2 is 1.60 bits per heavy atom. The molecule has 0 amide bonds. The summed E-state index contributed by atoms with van der Waals surface area (Å²) in [5.74, 6) is 5.11. The average Bonchev–Trinajstić information content (AvgIpc) is 3.83. The fraction of sp³-hybridized carbons (Fsp3) is 0.760. The van der Waals surface area contributed by atoms with Gasteiger partial charge >= 0.3 is 12.9 Å². The number of hydrogen-bond acceptors (Lipinski definition) is 2. The zero-order valence-corrected chi connectivity index (χ0v) is 37.0. The van der Waals surface area contributed by atoms with Crippen LogP contribution in [0.15, 0.2) is 41.1 Å². The number of rotatable bonds is 18. The first-order chi connectivity index (χ1) is 27.2. The topological polar surface area (TPSA) is 34.2 Å². The van der Waals surface area contributed by atoms with E-state index in [2.05, 4.69) is 40.7 Å². The van der Waals surface area contributed by atoms with E-state index in [1.807, 2.05) is 31.2 Å². The van der Waals surface area contributed by atoms with Gasteiger partial charge in [-0.3, -0.25) is 4.79 Å². The maximum Gasteiger partial charge on any atom is 0.737 e. The number of allylic oxidation sites excluding steroid dienone is 3. The molecule has 316 valence electrons. The van der Waals surface area contributed by atoms with Crippen molar-refractivity contribution in [3.63, 3.8) is 0 Å². The van der Waals surface area contributed by atoms with Crippen LogP contribution in [0.25, 0.3) is 6.08 Å². The Hall–Kier alpha value is -2.44. The van der Waals surface area contributed by atoms with E-state index in [9.17, 15) is 4.79 Å². The molecule has 0 N–H and O–H groups in total. The van der Waals surface area contributed by atoms with Crippen molar-refractivity contribution in [2.24, 2.45) is 46.3 Å². The summed E-state index contributed by atoms with van der Waals surface area (Å²) >= 11 is 0. The van der Waals surface area contributed by atoms with Crippen LogP contribution in [0.3, 0.4) is 0 Å². The molecule has 6 aliphatic rings. The summed E-state index contributed by atoms with van der Waals surface area (Å²) in [5.41, 5.74) is 5.95. The molecule has 3 unspecified atom stereocenters. The van der Waals surface area contributed by atoms with Gasteiger partial charge in [-0.2, -0.15) is 0 Å². The van der Waals surface area contributed by atoms with Crippen molar-refractivity contribution in [1.29, 1.82) is 0 Å². The van der Waals surface area contributed by atoms with Crippen molar-refractivity contribution >= 4 is 24.7 Å². The Morgan fingerprint density at radius 1 is 0.877 bits per heavy atom. The van der Waals surface area contributed by atoms with Crippen molar-refractivity contribution < 1.29 is 22.6 Å². The number of hydrogen-bond donors (Lipinski definition) is 0. The van der Waals surface area contributed by atoms with Crippen LogP contribution in [0.5, 0.6) is 0 Å². The van der Waals surface area contributed by atoms with Crippen LogP contribution in [0.2, 0.25) is 0 Å². The first-order valence-corrected chi connectivity index (χ1v) is 23.9. The molecule has 57 heavy (non-hydrogen) atoms. The third-order valence-corrected chi connectivity index (χ3v) is 16.8. The third-order valence-electron chi connectivity index (χ3n) is 16.8. The molecule has 4 aliphatic carbocycles. The fourth-order valence-electron chi connectivity index (χ4n) is 13.7. The third kappa shape index (κ3) is 8.62. The molecular weight excluding hydrogens is 709 g/mol. The van der Waals surface area contributed by atoms with E-state index in [0.29, 0.717) is 40.8 Å². The van der Waals surface area contributed by atoms with Crippen molar-refractivity contribution in [3.8, 4) is 0 Å². The highest BCUT2D eigenvalue weighted by molar-refractivity contribution is 6.58. The summed E-state index contributed by atoms with van der Waals surface area (Å²) in [5, 5.41) is 0. The molecule has 3 fully saturated rings. The van der Waals surface area contributed by atoms with Gasteiger partial charge in [-0.1, -0.05) is 110 Å². The molecular formula is C50H77BF2N2O2. The average molecular weight is 787 g/mol. The molecule has 1 aromatic heterocycles. The number of fused-ring (bicyclic) bond motifs is 7. The molecule has 0 aromatic carbocycles. The van der Waals surface area contributed by atoms with Gasteiger partial charge in [-0.25, -0.2) is 0 Å². The molecule has 0 bridgehead atoms. The zero-order valence-electron chi connectivity index (χ0n) is 37.0. The van der Waals surface area contributed by atoms with Gasteiger partial charge in [0, 0.05) is 43.2 Å². The summed E-state index contributed by atoms with van der Waals surface area (Å²) in [6, 6.07) is 3.75. The smallest absolute Gasteiger partial charge is 0.462 e. The lowest BCUT2D eigenvalue weighted by atomic mass is 9.47. The van der Waals surface area contributed by atoms with Crippen LogP contribution >= 0.6 is 0 Å². The molecule has 4 nitrogen and oxygen atoms in total. The Kier molecular flexibility index (Phi) is 13.2. The number of ether oxygens (including phenoxy) is 1. The van der Waals surface area contributed by atoms with Crippen LogP contribution in [0.1, 0.15) is 195 Å². The number of unbranched alkanes of at least 4 members (excludes halogenated alkanes) is 8. The first kappa shape index (κ1) is 42.7. The molecule has 7 heteroatoms. The highest BCUT2D eigenvalue weighted by atomic mass is 19.2. The van der Waals surface area contributed by atoms with Crippen LogP contribution in [0.4, 0.5) is 8.63 Å². The van der Waals surface area contributed by atoms with Gasteiger partial charge in [0.05, 0.1) is 0 Å². The number of halogens is 2. The van der Waals surface area contributed by atoms with Crippen LogP contribution in [0, 0.1) is 46.3 Å². The molecule has 8 atom stereocenters. The zero-order chi connectivity index (χ0) is 40.5. The molecule has 3 saturated carbocycles.